The fourth-order valence-electron chi connectivity index (χ4n) is 2.01. The van der Waals surface area contributed by atoms with Crippen LogP contribution in [0.3, 0.4) is 0 Å². The van der Waals surface area contributed by atoms with Crippen molar-refractivity contribution in [2.24, 2.45) is 5.92 Å². The van der Waals surface area contributed by atoms with E-state index in [2.05, 4.69) is 10.7 Å². The number of benzene rings is 1. The first-order chi connectivity index (χ1) is 9.85. The normalized spacial score (nSPS) is 11.9. The number of aryl methyl sites for hydroxylation is 1. The average Bonchev–Trinajstić information content (AvgIpc) is 2.42. The number of nitrogens with zero attached hydrogens (tertiary/aromatic N) is 1. The van der Waals surface area contributed by atoms with Gasteiger partial charge < -0.3 is 5.32 Å². The SMILES string of the molecule is CCN(NC(=O)[C@@H](NC(C)=O)C(C)C)c1ccc(C)cc1. The molecule has 0 bridgehead atoms. The van der Waals surface area contributed by atoms with E-state index < -0.39 is 6.04 Å². The van der Waals surface area contributed by atoms with E-state index in [1.54, 1.807) is 5.01 Å². The molecule has 2 amide bonds. The molecule has 0 saturated heterocycles. The molecule has 5 heteroatoms. The first-order valence-corrected chi connectivity index (χ1v) is 7.27. The lowest BCUT2D eigenvalue weighted by molar-refractivity contribution is -0.129. The molecule has 0 radical (unpaired) electrons. The highest BCUT2D eigenvalue weighted by Crippen LogP contribution is 2.13. The predicted octanol–water partition coefficient (Wildman–Crippen LogP) is 2.01. The number of hydrazine groups is 1. The zero-order valence-corrected chi connectivity index (χ0v) is 13.4. The van der Waals surface area contributed by atoms with E-state index in [1.807, 2.05) is 52.0 Å². The van der Waals surface area contributed by atoms with Gasteiger partial charge >= 0.3 is 0 Å². The predicted molar refractivity (Wildman–Crippen MR) is 84.8 cm³/mol. The second-order valence-corrected chi connectivity index (χ2v) is 5.48. The first kappa shape index (κ1) is 17.0. The van der Waals surface area contributed by atoms with Crippen LogP contribution in [-0.4, -0.2) is 24.4 Å². The third-order valence-electron chi connectivity index (χ3n) is 3.21. The molecule has 2 N–H and O–H groups in total. The van der Waals surface area contributed by atoms with Crippen LogP contribution < -0.4 is 15.8 Å². The molecule has 1 aromatic carbocycles. The maximum atomic E-state index is 12.4. The van der Waals surface area contributed by atoms with Gasteiger partial charge in [0.2, 0.25) is 5.91 Å². The number of hydrogen-bond donors (Lipinski definition) is 2. The van der Waals surface area contributed by atoms with Crippen molar-refractivity contribution in [3.05, 3.63) is 29.8 Å². The van der Waals surface area contributed by atoms with E-state index >= 15 is 0 Å². The molecule has 0 spiro atoms. The van der Waals surface area contributed by atoms with Gasteiger partial charge in [0, 0.05) is 13.5 Å². The summed E-state index contributed by atoms with van der Waals surface area (Å²) >= 11 is 0. The molecule has 0 saturated carbocycles. The molecule has 5 nitrogen and oxygen atoms in total. The highest BCUT2D eigenvalue weighted by atomic mass is 16.2. The number of nitrogens with one attached hydrogen (secondary N) is 2. The molecule has 1 aromatic rings. The number of hydrogen-bond acceptors (Lipinski definition) is 3. The summed E-state index contributed by atoms with van der Waals surface area (Å²) in [5, 5.41) is 4.47. The van der Waals surface area contributed by atoms with Crippen molar-refractivity contribution in [2.45, 2.75) is 40.7 Å². The van der Waals surface area contributed by atoms with Crippen molar-refractivity contribution in [3.63, 3.8) is 0 Å². The number of carbonyl (C=O) groups is 2. The smallest absolute Gasteiger partial charge is 0.261 e. The molecule has 116 valence electrons. The van der Waals surface area contributed by atoms with Gasteiger partial charge in [0.1, 0.15) is 6.04 Å². The summed E-state index contributed by atoms with van der Waals surface area (Å²) in [5.41, 5.74) is 4.95. The lowest BCUT2D eigenvalue weighted by Crippen LogP contribution is -2.54. The Morgan fingerprint density at radius 3 is 2.19 bits per heavy atom. The van der Waals surface area contributed by atoms with Gasteiger partial charge in [-0.15, -0.1) is 0 Å². The Morgan fingerprint density at radius 2 is 1.76 bits per heavy atom. The summed E-state index contributed by atoms with van der Waals surface area (Å²) in [4.78, 5) is 23.6. The minimum Gasteiger partial charge on any atom is -0.344 e. The second kappa shape index (κ2) is 7.67. The Bertz CT molecular complexity index is 483. The molecule has 0 aliphatic carbocycles. The summed E-state index contributed by atoms with van der Waals surface area (Å²) < 4.78 is 0. The molecule has 21 heavy (non-hydrogen) atoms. The van der Waals surface area contributed by atoms with Crippen LogP contribution in [-0.2, 0) is 9.59 Å². The molecular weight excluding hydrogens is 266 g/mol. The topological polar surface area (TPSA) is 61.4 Å². The Balaban J connectivity index is 2.81. The van der Waals surface area contributed by atoms with Crippen molar-refractivity contribution in [2.75, 3.05) is 11.6 Å². The van der Waals surface area contributed by atoms with Gasteiger partial charge in [0.25, 0.3) is 5.91 Å². The lowest BCUT2D eigenvalue weighted by atomic mass is 10.0. The zero-order chi connectivity index (χ0) is 16.0. The van der Waals surface area contributed by atoms with Gasteiger partial charge in [-0.3, -0.25) is 20.0 Å². The maximum absolute atomic E-state index is 12.4. The van der Waals surface area contributed by atoms with Crippen LogP contribution in [0.2, 0.25) is 0 Å². The third kappa shape index (κ3) is 5.10. The lowest BCUT2D eigenvalue weighted by Gasteiger charge is -2.28. The molecule has 0 aromatic heterocycles. The summed E-state index contributed by atoms with van der Waals surface area (Å²) in [7, 11) is 0. The molecule has 0 aliphatic heterocycles. The van der Waals surface area contributed by atoms with E-state index in [0.717, 1.165) is 5.69 Å². The number of amides is 2. The highest BCUT2D eigenvalue weighted by molar-refractivity contribution is 5.88. The zero-order valence-electron chi connectivity index (χ0n) is 13.4. The largest absolute Gasteiger partial charge is 0.344 e. The van der Waals surface area contributed by atoms with Crippen molar-refractivity contribution < 1.29 is 9.59 Å². The second-order valence-electron chi connectivity index (χ2n) is 5.48. The average molecular weight is 291 g/mol. The fraction of sp³-hybridized carbons (Fsp3) is 0.500. The van der Waals surface area contributed by atoms with Crippen LogP contribution in [0, 0.1) is 12.8 Å². The molecule has 0 unspecified atom stereocenters. The van der Waals surface area contributed by atoms with E-state index in [-0.39, 0.29) is 17.7 Å². The minimum absolute atomic E-state index is 0.0191. The number of anilines is 1. The standard InChI is InChI=1S/C16H25N3O2/c1-6-19(14-9-7-12(4)8-10-14)18-16(21)15(11(2)3)17-13(5)20/h7-11,15H,6H2,1-5H3,(H,17,20)(H,18,21)/t15-/m0/s1. The molecule has 0 aliphatic rings. The summed E-state index contributed by atoms with van der Waals surface area (Å²) in [5.74, 6) is -0.393. The van der Waals surface area contributed by atoms with Crippen molar-refractivity contribution in [3.8, 4) is 0 Å². The third-order valence-corrected chi connectivity index (χ3v) is 3.21. The van der Waals surface area contributed by atoms with Gasteiger partial charge in [-0.2, -0.15) is 0 Å². The van der Waals surface area contributed by atoms with Crippen molar-refractivity contribution in [1.82, 2.24) is 10.7 Å². The van der Waals surface area contributed by atoms with Gasteiger partial charge in [-0.25, -0.2) is 0 Å². The maximum Gasteiger partial charge on any atom is 0.261 e. The fourth-order valence-corrected chi connectivity index (χ4v) is 2.01. The molecule has 1 rings (SSSR count). The van der Waals surface area contributed by atoms with Crippen molar-refractivity contribution in [1.29, 1.82) is 0 Å². The van der Waals surface area contributed by atoms with Gasteiger partial charge in [-0.1, -0.05) is 31.5 Å². The molecule has 1 atom stereocenters. The quantitative estimate of drug-likeness (QED) is 0.788. The monoisotopic (exact) mass is 291 g/mol. The first-order valence-electron chi connectivity index (χ1n) is 7.27. The van der Waals surface area contributed by atoms with Crippen molar-refractivity contribution >= 4 is 17.5 Å². The Kier molecular flexibility index (Phi) is 6.21. The summed E-state index contributed by atoms with van der Waals surface area (Å²) in [6.07, 6.45) is 0. The van der Waals surface area contributed by atoms with E-state index in [0.29, 0.717) is 6.54 Å². The van der Waals surface area contributed by atoms with E-state index in [9.17, 15) is 9.59 Å². The molecule has 0 fully saturated rings. The minimum atomic E-state index is -0.540. The van der Waals surface area contributed by atoms with Crippen LogP contribution >= 0.6 is 0 Å². The Labute approximate surface area is 126 Å². The van der Waals surface area contributed by atoms with Crippen LogP contribution in [0.15, 0.2) is 24.3 Å². The Morgan fingerprint density at radius 1 is 1.19 bits per heavy atom. The molecular formula is C16H25N3O2. The molecule has 0 heterocycles. The summed E-state index contributed by atoms with van der Waals surface area (Å²) in [6.45, 7) is 9.84. The number of rotatable bonds is 6. The Hall–Kier alpha value is -2.04. The van der Waals surface area contributed by atoms with Gasteiger partial charge in [0.05, 0.1) is 5.69 Å². The van der Waals surface area contributed by atoms with E-state index in [4.69, 9.17) is 0 Å². The van der Waals surface area contributed by atoms with E-state index in [1.165, 1.54) is 12.5 Å². The van der Waals surface area contributed by atoms with Gasteiger partial charge in [0.15, 0.2) is 0 Å². The van der Waals surface area contributed by atoms with Crippen LogP contribution in [0.4, 0.5) is 5.69 Å². The summed E-state index contributed by atoms with van der Waals surface area (Å²) in [6, 6.07) is 7.38. The van der Waals surface area contributed by atoms with Crippen LogP contribution in [0.5, 0.6) is 0 Å². The van der Waals surface area contributed by atoms with Crippen LogP contribution in [0.25, 0.3) is 0 Å². The number of carbonyl (C=O) groups excluding carboxylic acids is 2. The highest BCUT2D eigenvalue weighted by Gasteiger charge is 2.24. The van der Waals surface area contributed by atoms with Crippen LogP contribution in [0.1, 0.15) is 33.3 Å². The van der Waals surface area contributed by atoms with Gasteiger partial charge in [-0.05, 0) is 31.9 Å².